The van der Waals surface area contributed by atoms with Gasteiger partial charge in [-0.3, -0.25) is 0 Å². The molecule has 0 radical (unpaired) electrons. The summed E-state index contributed by atoms with van der Waals surface area (Å²) >= 11 is 0. The molecule has 0 nitrogen and oxygen atoms in total. The molecule has 5 aromatic rings. The van der Waals surface area contributed by atoms with Crippen molar-refractivity contribution in [1.82, 2.24) is 0 Å². The van der Waals surface area contributed by atoms with Crippen LogP contribution in [0.15, 0.2) is 122 Å². The Balaban J connectivity index is 1.93. The Morgan fingerprint density at radius 3 is 1.82 bits per heavy atom. The number of rotatable bonds is 6. The molecular weight excluding hydrogens is 446 g/mol. The van der Waals surface area contributed by atoms with E-state index in [0.717, 1.165) is 11.1 Å². The van der Waals surface area contributed by atoms with E-state index in [2.05, 4.69) is 132 Å². The lowest BCUT2D eigenvalue weighted by molar-refractivity contribution is 1.63. The third-order valence-corrected chi connectivity index (χ3v) is 9.13. The second-order valence-electron chi connectivity index (χ2n) is 8.13. The lowest BCUT2D eigenvalue weighted by atomic mass is 9.91. The van der Waals surface area contributed by atoms with Gasteiger partial charge in [0.05, 0.1) is 0 Å². The van der Waals surface area contributed by atoms with Gasteiger partial charge in [0.15, 0.2) is 0 Å². The Hall–Kier alpha value is -3.30. The van der Waals surface area contributed by atoms with E-state index in [9.17, 15) is 0 Å². The molecule has 5 aromatic carbocycles. The van der Waals surface area contributed by atoms with Gasteiger partial charge in [-0.15, -0.1) is 9.24 Å². The van der Waals surface area contributed by atoms with E-state index in [4.69, 9.17) is 0 Å². The molecule has 2 heteroatoms. The van der Waals surface area contributed by atoms with Gasteiger partial charge in [0.25, 0.3) is 0 Å². The molecule has 0 aliphatic heterocycles. The van der Waals surface area contributed by atoms with Gasteiger partial charge < -0.3 is 0 Å². The third kappa shape index (κ3) is 4.05. The van der Waals surface area contributed by atoms with Crippen LogP contribution < -0.4 is 21.2 Å². The van der Waals surface area contributed by atoms with Gasteiger partial charge in [0.2, 0.25) is 0 Å². The molecule has 164 valence electrons. The molecule has 0 amide bonds. The van der Waals surface area contributed by atoms with Crippen LogP contribution in [0, 0.1) is 0 Å². The molecule has 1 atom stereocenters. The van der Waals surface area contributed by atoms with Crippen LogP contribution in [0.25, 0.3) is 34.1 Å². The van der Waals surface area contributed by atoms with Crippen molar-refractivity contribution in [2.24, 2.45) is 0 Å². The van der Waals surface area contributed by atoms with Crippen LogP contribution in [0.1, 0.15) is 11.1 Å². The second-order valence-corrected chi connectivity index (χ2v) is 10.9. The predicted octanol–water partition coefficient (Wildman–Crippen LogP) is 7.05. The van der Waals surface area contributed by atoms with Gasteiger partial charge in [-0.2, -0.15) is 0 Å². The number of fused-ring (bicyclic) bond motifs is 1. The standard InChI is InChI=1S/C32H26P2/c1-3-23-20-22-30(34(25-14-7-5-8-15-25)26-16-9-6-10-17-26)32(27(23)4-2)31-28-18-12-11-13-24(28)19-21-29(31)33/h3-22H,1-2,33H2. The summed E-state index contributed by atoms with van der Waals surface area (Å²) in [6.07, 6.45) is 3.93. The van der Waals surface area contributed by atoms with Gasteiger partial charge in [0.1, 0.15) is 0 Å². The van der Waals surface area contributed by atoms with Crippen molar-refractivity contribution in [3.8, 4) is 11.1 Å². The molecule has 1 unspecified atom stereocenters. The van der Waals surface area contributed by atoms with Gasteiger partial charge >= 0.3 is 0 Å². The summed E-state index contributed by atoms with van der Waals surface area (Å²) in [6, 6.07) is 39.3. The van der Waals surface area contributed by atoms with E-state index in [1.165, 1.54) is 43.1 Å². The van der Waals surface area contributed by atoms with Crippen molar-refractivity contribution in [3.63, 3.8) is 0 Å². The molecule has 5 rings (SSSR count). The zero-order valence-electron chi connectivity index (χ0n) is 19.0. The highest BCUT2D eigenvalue weighted by molar-refractivity contribution is 7.80. The van der Waals surface area contributed by atoms with Crippen molar-refractivity contribution in [2.45, 2.75) is 0 Å². The first-order chi connectivity index (χ1) is 16.7. The number of hydrogen-bond donors (Lipinski definition) is 0. The summed E-state index contributed by atoms with van der Waals surface area (Å²) in [7, 11) is 2.18. The van der Waals surface area contributed by atoms with Gasteiger partial charge in [-0.05, 0) is 62.2 Å². The number of benzene rings is 5. The van der Waals surface area contributed by atoms with Gasteiger partial charge in [0, 0.05) is 0 Å². The smallest absolute Gasteiger partial charge is 0.000948 e. The van der Waals surface area contributed by atoms with E-state index < -0.39 is 7.92 Å². The average Bonchev–Trinajstić information content (AvgIpc) is 2.90. The predicted molar refractivity (Wildman–Crippen MR) is 158 cm³/mol. The first-order valence-electron chi connectivity index (χ1n) is 11.3. The van der Waals surface area contributed by atoms with Crippen molar-refractivity contribution in [1.29, 1.82) is 0 Å². The Kier molecular flexibility index (Phi) is 6.55. The number of hydrogen-bond acceptors (Lipinski definition) is 0. The lowest BCUT2D eigenvalue weighted by Crippen LogP contribution is -2.24. The zero-order valence-corrected chi connectivity index (χ0v) is 21.0. The minimum absolute atomic E-state index is 0.789. The summed E-state index contributed by atoms with van der Waals surface area (Å²) in [5, 5.41) is 7.65. The summed E-state index contributed by atoms with van der Waals surface area (Å²) in [4.78, 5) is 0. The maximum Gasteiger partial charge on any atom is -0.000948 e. The first-order valence-corrected chi connectivity index (χ1v) is 13.2. The summed E-state index contributed by atoms with van der Waals surface area (Å²) in [6.45, 7) is 8.34. The highest BCUT2D eigenvalue weighted by atomic mass is 31.1. The fourth-order valence-electron chi connectivity index (χ4n) is 4.62. The van der Waals surface area contributed by atoms with Crippen molar-refractivity contribution in [2.75, 3.05) is 0 Å². The SMILES string of the molecule is C=Cc1ccc(P(c2ccccc2)c2ccccc2)c(-c2c(P)ccc3ccccc23)c1C=C. The second kappa shape index (κ2) is 9.90. The maximum absolute atomic E-state index is 4.23. The Bertz CT molecular complexity index is 1450. The van der Waals surface area contributed by atoms with Crippen molar-refractivity contribution < 1.29 is 0 Å². The minimum atomic E-state index is -0.789. The topological polar surface area (TPSA) is 0 Å². The normalized spacial score (nSPS) is 11.0. The molecule has 0 N–H and O–H groups in total. The van der Waals surface area contributed by atoms with Crippen molar-refractivity contribution >= 4 is 61.3 Å². The summed E-state index contributed by atoms with van der Waals surface area (Å²) in [5.74, 6) is 0. The van der Waals surface area contributed by atoms with Crippen LogP contribution in [0.5, 0.6) is 0 Å². The van der Waals surface area contributed by atoms with E-state index in [0.29, 0.717) is 0 Å². The minimum Gasteiger partial charge on any atom is -0.105 e. The lowest BCUT2D eigenvalue weighted by Gasteiger charge is -2.26. The first kappa shape index (κ1) is 22.5. The largest absolute Gasteiger partial charge is 0.105 e. The van der Waals surface area contributed by atoms with Gasteiger partial charge in [-0.25, -0.2) is 0 Å². The highest BCUT2D eigenvalue weighted by Crippen LogP contribution is 2.41. The molecular formula is C32H26P2. The molecule has 34 heavy (non-hydrogen) atoms. The highest BCUT2D eigenvalue weighted by Gasteiger charge is 2.24. The van der Waals surface area contributed by atoms with Crippen LogP contribution in [0.4, 0.5) is 0 Å². The third-order valence-electron chi connectivity index (χ3n) is 6.16. The van der Waals surface area contributed by atoms with Gasteiger partial charge in [-0.1, -0.05) is 135 Å². The molecule has 0 saturated carbocycles. The van der Waals surface area contributed by atoms with E-state index in [-0.39, 0.29) is 0 Å². The molecule has 0 aliphatic rings. The summed E-state index contributed by atoms with van der Waals surface area (Å²) < 4.78 is 0. The monoisotopic (exact) mass is 472 g/mol. The van der Waals surface area contributed by atoms with E-state index in [1.54, 1.807) is 0 Å². The quantitative estimate of drug-likeness (QED) is 0.232. The molecule has 0 aromatic heterocycles. The molecule has 0 bridgehead atoms. The van der Waals surface area contributed by atoms with Crippen LogP contribution in [0.2, 0.25) is 0 Å². The van der Waals surface area contributed by atoms with Crippen LogP contribution in [-0.2, 0) is 0 Å². The van der Waals surface area contributed by atoms with Crippen LogP contribution in [-0.4, -0.2) is 0 Å². The zero-order chi connectivity index (χ0) is 23.5. The maximum atomic E-state index is 4.23. The Morgan fingerprint density at radius 1 is 0.588 bits per heavy atom. The van der Waals surface area contributed by atoms with E-state index in [1.807, 2.05) is 12.2 Å². The van der Waals surface area contributed by atoms with Crippen molar-refractivity contribution in [3.05, 3.63) is 133 Å². The molecule has 0 heterocycles. The molecule has 0 aliphatic carbocycles. The fourth-order valence-corrected chi connectivity index (χ4v) is 7.49. The van der Waals surface area contributed by atoms with E-state index >= 15 is 0 Å². The van der Waals surface area contributed by atoms with Crippen LogP contribution in [0.3, 0.4) is 0 Å². The summed E-state index contributed by atoms with van der Waals surface area (Å²) in [5.41, 5.74) is 4.72. The average molecular weight is 473 g/mol. The molecule has 0 spiro atoms. The molecule has 0 fully saturated rings. The fraction of sp³-hybridized carbons (Fsp3) is 0. The Labute approximate surface area is 205 Å². The Morgan fingerprint density at radius 2 is 1.21 bits per heavy atom. The van der Waals surface area contributed by atoms with Crippen LogP contribution >= 0.6 is 17.2 Å². The molecule has 0 saturated heterocycles.